The van der Waals surface area contributed by atoms with Crippen molar-refractivity contribution in [3.05, 3.63) is 95.6 Å². The molecule has 26 heavy (non-hydrogen) atoms. The molecule has 1 heterocycles. The van der Waals surface area contributed by atoms with E-state index < -0.39 is 0 Å². The number of hydrogen-bond donors (Lipinski definition) is 1. The van der Waals surface area contributed by atoms with Crippen molar-refractivity contribution < 1.29 is 10.1 Å². The number of nitrogens with zero attached hydrogens (tertiary/aromatic N) is 1. The molecular weight excluding hydrogens is 320 g/mol. The standard InChI is InChI=1S/C23H20N2O/c26-23(17-24-16-18-8-2-1-3-9-18)25-21-12-6-4-10-19(21)14-15-20-11-5-7-13-22(20)25/h1-15,24H,16-17H2/p+1. The number of fused-ring (bicyclic) bond motifs is 2. The summed E-state index contributed by atoms with van der Waals surface area (Å²) in [6, 6.07) is 26.3. The minimum Gasteiger partial charge on any atom is -0.335 e. The van der Waals surface area contributed by atoms with E-state index in [0.29, 0.717) is 6.54 Å². The Morgan fingerprint density at radius 3 is 1.88 bits per heavy atom. The highest BCUT2D eigenvalue weighted by Crippen LogP contribution is 2.35. The van der Waals surface area contributed by atoms with E-state index in [1.165, 1.54) is 5.56 Å². The van der Waals surface area contributed by atoms with Crippen LogP contribution in [0.2, 0.25) is 0 Å². The number of carbonyl (C=O) groups excluding carboxylic acids is 1. The summed E-state index contributed by atoms with van der Waals surface area (Å²) in [4.78, 5) is 15.0. The first-order valence-corrected chi connectivity index (χ1v) is 8.87. The Morgan fingerprint density at radius 2 is 1.27 bits per heavy atom. The topological polar surface area (TPSA) is 36.9 Å². The van der Waals surface area contributed by atoms with Crippen LogP contribution in [0.4, 0.5) is 11.4 Å². The summed E-state index contributed by atoms with van der Waals surface area (Å²) in [6.07, 6.45) is 4.16. The summed E-state index contributed by atoms with van der Waals surface area (Å²) in [5, 5.41) is 2.06. The van der Waals surface area contributed by atoms with Gasteiger partial charge in [0.15, 0.2) is 6.54 Å². The molecule has 4 rings (SSSR count). The fraction of sp³-hybridized carbons (Fsp3) is 0.0870. The molecule has 0 radical (unpaired) electrons. The molecule has 128 valence electrons. The zero-order valence-electron chi connectivity index (χ0n) is 14.5. The van der Waals surface area contributed by atoms with E-state index in [0.717, 1.165) is 29.0 Å². The largest absolute Gasteiger partial charge is 0.335 e. The molecule has 2 N–H and O–H groups in total. The van der Waals surface area contributed by atoms with Crippen LogP contribution in [0.25, 0.3) is 12.2 Å². The third-order valence-electron chi connectivity index (χ3n) is 4.59. The summed E-state index contributed by atoms with van der Waals surface area (Å²) in [5.74, 6) is 0.0875. The lowest BCUT2D eigenvalue weighted by atomic mass is 10.1. The molecule has 0 saturated carbocycles. The van der Waals surface area contributed by atoms with Crippen LogP contribution in [0, 0.1) is 0 Å². The normalized spacial score (nSPS) is 12.2. The Balaban J connectivity index is 1.60. The highest BCUT2D eigenvalue weighted by atomic mass is 16.2. The number of quaternary nitrogens is 1. The average Bonchev–Trinajstić information content (AvgIpc) is 2.85. The number of rotatable bonds is 4. The van der Waals surface area contributed by atoms with Crippen molar-refractivity contribution in [3.8, 4) is 0 Å². The van der Waals surface area contributed by atoms with E-state index in [-0.39, 0.29) is 5.91 Å². The second-order valence-electron chi connectivity index (χ2n) is 6.36. The predicted octanol–water partition coefficient (Wildman–Crippen LogP) is 3.60. The zero-order valence-corrected chi connectivity index (χ0v) is 14.5. The van der Waals surface area contributed by atoms with Crippen molar-refractivity contribution in [3.63, 3.8) is 0 Å². The SMILES string of the molecule is O=C(C[NH2+]Cc1ccccc1)N1c2ccccc2C=Cc2ccccc21. The van der Waals surface area contributed by atoms with Crippen molar-refractivity contribution >= 4 is 29.4 Å². The van der Waals surface area contributed by atoms with Gasteiger partial charge in [-0.25, -0.2) is 0 Å². The van der Waals surface area contributed by atoms with E-state index >= 15 is 0 Å². The van der Waals surface area contributed by atoms with Gasteiger partial charge in [-0.05, 0) is 23.3 Å². The van der Waals surface area contributed by atoms with Gasteiger partial charge in [0.1, 0.15) is 6.54 Å². The third-order valence-corrected chi connectivity index (χ3v) is 4.59. The van der Waals surface area contributed by atoms with Crippen LogP contribution in [-0.4, -0.2) is 12.5 Å². The van der Waals surface area contributed by atoms with Crippen LogP contribution in [-0.2, 0) is 11.3 Å². The Hall–Kier alpha value is -3.17. The second-order valence-corrected chi connectivity index (χ2v) is 6.36. The first-order valence-electron chi connectivity index (χ1n) is 8.87. The number of anilines is 2. The van der Waals surface area contributed by atoms with Crippen LogP contribution >= 0.6 is 0 Å². The van der Waals surface area contributed by atoms with Gasteiger partial charge >= 0.3 is 0 Å². The van der Waals surface area contributed by atoms with Crippen molar-refractivity contribution in [2.75, 3.05) is 11.4 Å². The smallest absolute Gasteiger partial charge is 0.286 e. The molecule has 3 nitrogen and oxygen atoms in total. The maximum atomic E-state index is 13.1. The number of carbonyl (C=O) groups is 1. The predicted molar refractivity (Wildman–Crippen MR) is 106 cm³/mol. The molecule has 3 aromatic carbocycles. The molecule has 0 fully saturated rings. The van der Waals surface area contributed by atoms with Crippen LogP contribution in [0.15, 0.2) is 78.9 Å². The molecule has 0 unspecified atom stereocenters. The maximum Gasteiger partial charge on any atom is 0.286 e. The van der Waals surface area contributed by atoms with Gasteiger partial charge in [-0.15, -0.1) is 0 Å². The summed E-state index contributed by atoms with van der Waals surface area (Å²) >= 11 is 0. The quantitative estimate of drug-likeness (QED) is 0.773. The number of nitrogens with two attached hydrogens (primary N) is 1. The molecule has 1 amide bonds. The summed E-state index contributed by atoms with van der Waals surface area (Å²) < 4.78 is 0. The van der Waals surface area contributed by atoms with Crippen LogP contribution in [0.1, 0.15) is 16.7 Å². The molecule has 0 bridgehead atoms. The minimum atomic E-state index is 0.0875. The van der Waals surface area contributed by atoms with Gasteiger partial charge in [-0.1, -0.05) is 78.9 Å². The molecular formula is C23H21N2O+. The molecule has 0 atom stereocenters. The van der Waals surface area contributed by atoms with E-state index in [1.54, 1.807) is 0 Å². The fourth-order valence-corrected chi connectivity index (χ4v) is 3.31. The Morgan fingerprint density at radius 1 is 0.731 bits per heavy atom. The van der Waals surface area contributed by atoms with E-state index in [4.69, 9.17) is 0 Å². The van der Waals surface area contributed by atoms with Crippen molar-refractivity contribution in [2.24, 2.45) is 0 Å². The number of hydrogen-bond acceptors (Lipinski definition) is 1. The lowest BCUT2D eigenvalue weighted by Gasteiger charge is -2.24. The highest BCUT2D eigenvalue weighted by molar-refractivity contribution is 6.06. The zero-order chi connectivity index (χ0) is 17.8. The van der Waals surface area contributed by atoms with Gasteiger partial charge in [-0.3, -0.25) is 9.69 Å². The van der Waals surface area contributed by atoms with E-state index in [2.05, 4.69) is 29.6 Å². The minimum absolute atomic E-state index is 0.0875. The Bertz CT molecular complexity index is 898. The monoisotopic (exact) mass is 341 g/mol. The number of para-hydroxylation sites is 2. The van der Waals surface area contributed by atoms with Gasteiger partial charge in [0, 0.05) is 5.56 Å². The average molecular weight is 341 g/mol. The second kappa shape index (κ2) is 7.38. The Kier molecular flexibility index (Phi) is 4.63. The van der Waals surface area contributed by atoms with Crippen LogP contribution < -0.4 is 10.2 Å². The van der Waals surface area contributed by atoms with Crippen molar-refractivity contribution in [2.45, 2.75) is 6.54 Å². The van der Waals surface area contributed by atoms with Crippen LogP contribution in [0.3, 0.4) is 0 Å². The van der Waals surface area contributed by atoms with Gasteiger partial charge in [0.25, 0.3) is 5.91 Å². The molecule has 0 saturated heterocycles. The fourth-order valence-electron chi connectivity index (χ4n) is 3.31. The van der Waals surface area contributed by atoms with Gasteiger partial charge < -0.3 is 5.32 Å². The molecule has 0 aromatic heterocycles. The molecule has 0 spiro atoms. The molecule has 1 aliphatic heterocycles. The van der Waals surface area contributed by atoms with Crippen molar-refractivity contribution in [1.82, 2.24) is 0 Å². The molecule has 0 aliphatic carbocycles. The number of amides is 1. The van der Waals surface area contributed by atoms with Gasteiger partial charge in [-0.2, -0.15) is 0 Å². The summed E-state index contributed by atoms with van der Waals surface area (Å²) in [7, 11) is 0. The molecule has 1 aliphatic rings. The Labute approximate surface area is 153 Å². The third kappa shape index (κ3) is 3.30. The molecule has 3 heteroatoms. The lowest BCUT2D eigenvalue weighted by molar-refractivity contribution is -0.659. The highest BCUT2D eigenvalue weighted by Gasteiger charge is 2.24. The first-order chi connectivity index (χ1) is 12.8. The maximum absolute atomic E-state index is 13.1. The number of benzene rings is 3. The van der Waals surface area contributed by atoms with E-state index in [9.17, 15) is 4.79 Å². The lowest BCUT2D eigenvalue weighted by Crippen LogP contribution is -2.85. The van der Waals surface area contributed by atoms with Crippen LogP contribution in [0.5, 0.6) is 0 Å². The van der Waals surface area contributed by atoms with Gasteiger partial charge in [0.2, 0.25) is 0 Å². The molecule has 3 aromatic rings. The summed E-state index contributed by atoms with van der Waals surface area (Å²) in [6.45, 7) is 1.19. The first kappa shape index (κ1) is 16.3. The van der Waals surface area contributed by atoms with Gasteiger partial charge in [0.05, 0.1) is 11.4 Å². The van der Waals surface area contributed by atoms with E-state index in [1.807, 2.05) is 71.6 Å². The van der Waals surface area contributed by atoms with Crippen molar-refractivity contribution in [1.29, 1.82) is 0 Å². The summed E-state index contributed by atoms with van der Waals surface area (Å²) in [5.41, 5.74) is 5.21.